The van der Waals surface area contributed by atoms with E-state index in [1.165, 1.54) is 20.1 Å². The van der Waals surface area contributed by atoms with Gasteiger partial charge in [-0.3, -0.25) is 4.79 Å². The molecule has 0 atom stereocenters. The van der Waals surface area contributed by atoms with Crippen LogP contribution >= 0.6 is 0 Å². The van der Waals surface area contributed by atoms with E-state index in [0.717, 1.165) is 17.0 Å². The smallest absolute Gasteiger partial charge is 0.330 e. The van der Waals surface area contributed by atoms with Crippen LogP contribution in [0.3, 0.4) is 0 Å². The molecule has 1 aliphatic rings. The average Bonchev–Trinajstić information content (AvgIpc) is 3.07. The largest absolute Gasteiger partial charge is 0.512 e. The van der Waals surface area contributed by atoms with E-state index in [1.54, 1.807) is 4.68 Å². The van der Waals surface area contributed by atoms with Crippen molar-refractivity contribution in [1.82, 2.24) is 0 Å². The average molecular weight is 346 g/mol. The number of para-hydroxylation sites is 1. The van der Waals surface area contributed by atoms with Crippen molar-refractivity contribution in [2.45, 2.75) is 20.3 Å². The van der Waals surface area contributed by atoms with Crippen LogP contribution in [0.5, 0.6) is 0 Å². The molecular formula is C21H20N3O2+. The molecule has 0 unspecified atom stereocenters. The number of rotatable bonds is 4. The molecule has 0 saturated heterocycles. The zero-order valence-corrected chi connectivity index (χ0v) is 14.8. The number of allylic oxidation sites excluding steroid dienone is 2. The summed E-state index contributed by atoms with van der Waals surface area (Å²) in [6.07, 6.45) is 1.94. The highest BCUT2D eigenvalue weighted by Gasteiger charge is 2.27. The van der Waals surface area contributed by atoms with Gasteiger partial charge in [0.15, 0.2) is 17.7 Å². The Kier molecular flexibility index (Phi) is 5.17. The molecule has 2 aromatic carbocycles. The summed E-state index contributed by atoms with van der Waals surface area (Å²) in [6, 6.07) is 19.6. The van der Waals surface area contributed by atoms with Crippen LogP contribution in [0.15, 0.2) is 82.1 Å². The topological polar surface area (TPSA) is 65.0 Å². The minimum absolute atomic E-state index is 0.0460. The Labute approximate surface area is 152 Å². The minimum atomic E-state index is -0.234. The molecule has 0 spiro atoms. The van der Waals surface area contributed by atoms with Crippen LogP contribution in [0.1, 0.15) is 25.8 Å². The SMILES string of the molecule is CC(=O)C(C=NC1=[N+](c2ccccc2)N=C(c2ccccc2)C1)=C(C)O. The van der Waals surface area contributed by atoms with Gasteiger partial charge in [-0.15, -0.1) is 0 Å². The van der Waals surface area contributed by atoms with Gasteiger partial charge in [0.25, 0.3) is 0 Å². The molecule has 0 bridgehead atoms. The highest BCUT2D eigenvalue weighted by molar-refractivity contribution is 6.18. The number of benzene rings is 2. The molecule has 2 aromatic rings. The van der Waals surface area contributed by atoms with Gasteiger partial charge in [0.05, 0.1) is 5.57 Å². The Morgan fingerprint density at radius 1 is 1.08 bits per heavy atom. The predicted molar refractivity (Wildman–Crippen MR) is 103 cm³/mol. The standard InChI is InChI=1S/C21H19N3O2/c1-15(25)19(16(2)26)14-22-21-13-20(17-9-5-3-6-10-17)23-24(21)18-11-7-4-8-12-18/h3-12,14H,13H2,1-2H3/p+1. The molecule has 0 saturated carbocycles. The van der Waals surface area contributed by atoms with Gasteiger partial charge in [0.2, 0.25) is 0 Å². The second-order valence-corrected chi connectivity index (χ2v) is 5.97. The Hall–Kier alpha value is -3.34. The normalized spacial score (nSPS) is 15.2. The second kappa shape index (κ2) is 7.70. The maximum atomic E-state index is 11.7. The summed E-state index contributed by atoms with van der Waals surface area (Å²) in [4.78, 5) is 16.1. The van der Waals surface area contributed by atoms with E-state index < -0.39 is 0 Å². The maximum absolute atomic E-state index is 11.7. The van der Waals surface area contributed by atoms with Crippen molar-refractivity contribution < 1.29 is 14.6 Å². The molecule has 1 aliphatic heterocycles. The third-order valence-electron chi connectivity index (χ3n) is 4.01. The molecule has 0 radical (unpaired) electrons. The molecule has 0 amide bonds. The molecule has 130 valence electrons. The number of aliphatic imine (C=N–C) groups is 1. The first-order valence-electron chi connectivity index (χ1n) is 8.35. The number of aliphatic hydroxyl groups is 1. The zero-order chi connectivity index (χ0) is 18.5. The number of Topliss-reactive ketones (excluding diaryl/α,β-unsaturated/α-hetero) is 1. The summed E-state index contributed by atoms with van der Waals surface area (Å²) in [7, 11) is 0. The number of nitrogens with zero attached hydrogens (tertiary/aromatic N) is 3. The number of carbonyl (C=O) groups excluding carboxylic acids is 1. The van der Waals surface area contributed by atoms with E-state index in [0.29, 0.717) is 12.3 Å². The highest BCUT2D eigenvalue weighted by Crippen LogP contribution is 2.20. The minimum Gasteiger partial charge on any atom is -0.512 e. The number of hydrazone groups is 1. The predicted octanol–water partition coefficient (Wildman–Crippen LogP) is 4.03. The van der Waals surface area contributed by atoms with Crippen LogP contribution in [-0.4, -0.2) is 33.3 Å². The molecule has 5 heteroatoms. The lowest BCUT2D eigenvalue weighted by atomic mass is 10.1. The van der Waals surface area contributed by atoms with Crippen LogP contribution in [0.2, 0.25) is 0 Å². The number of hydrogen-bond donors (Lipinski definition) is 1. The van der Waals surface area contributed by atoms with Crippen LogP contribution in [0, 0.1) is 0 Å². The Morgan fingerprint density at radius 3 is 2.27 bits per heavy atom. The Morgan fingerprint density at radius 2 is 1.69 bits per heavy atom. The van der Waals surface area contributed by atoms with E-state index in [9.17, 15) is 9.90 Å². The lowest BCUT2D eigenvalue weighted by Crippen LogP contribution is -2.09. The first-order valence-corrected chi connectivity index (χ1v) is 8.35. The molecule has 0 fully saturated rings. The Balaban J connectivity index is 2.01. The third-order valence-corrected chi connectivity index (χ3v) is 4.01. The van der Waals surface area contributed by atoms with Crippen molar-refractivity contribution in [2.24, 2.45) is 10.1 Å². The molecule has 0 aromatic heterocycles. The molecule has 3 rings (SSSR count). The van der Waals surface area contributed by atoms with Gasteiger partial charge in [-0.25, -0.2) is 0 Å². The van der Waals surface area contributed by atoms with Gasteiger partial charge < -0.3 is 5.11 Å². The quantitative estimate of drug-likeness (QED) is 0.393. The van der Waals surface area contributed by atoms with Crippen molar-refractivity contribution in [3.63, 3.8) is 0 Å². The third kappa shape index (κ3) is 3.83. The fourth-order valence-corrected chi connectivity index (χ4v) is 2.68. The summed E-state index contributed by atoms with van der Waals surface area (Å²) < 4.78 is 1.77. The molecule has 0 aliphatic carbocycles. The Bertz CT molecular complexity index is 936. The van der Waals surface area contributed by atoms with E-state index >= 15 is 0 Å². The summed E-state index contributed by atoms with van der Waals surface area (Å²) in [5, 5.41) is 14.4. The van der Waals surface area contributed by atoms with Crippen molar-refractivity contribution in [3.05, 3.63) is 77.6 Å². The molecular weight excluding hydrogens is 326 g/mol. The van der Waals surface area contributed by atoms with Gasteiger partial charge in [-0.05, 0) is 26.0 Å². The number of aliphatic hydroxyl groups excluding tert-OH is 1. The number of amidine groups is 1. The van der Waals surface area contributed by atoms with Gasteiger partial charge in [-0.2, -0.15) is 0 Å². The summed E-state index contributed by atoms with van der Waals surface area (Å²) >= 11 is 0. The molecule has 26 heavy (non-hydrogen) atoms. The van der Waals surface area contributed by atoms with Crippen molar-refractivity contribution in [3.8, 4) is 0 Å². The fraction of sp³-hybridized carbons (Fsp3) is 0.143. The second-order valence-electron chi connectivity index (χ2n) is 5.97. The van der Waals surface area contributed by atoms with E-state index in [2.05, 4.69) is 4.99 Å². The summed E-state index contributed by atoms with van der Waals surface area (Å²) in [5.74, 6) is 0.410. The summed E-state index contributed by atoms with van der Waals surface area (Å²) in [5.41, 5.74) is 3.01. The first kappa shape index (κ1) is 17.5. The number of ketones is 1. The van der Waals surface area contributed by atoms with E-state index in [1.807, 2.05) is 60.7 Å². The van der Waals surface area contributed by atoms with Crippen LogP contribution in [0.25, 0.3) is 0 Å². The van der Waals surface area contributed by atoms with Crippen LogP contribution < -0.4 is 0 Å². The lowest BCUT2D eigenvalue weighted by Gasteiger charge is -1.97. The van der Waals surface area contributed by atoms with E-state index in [-0.39, 0.29) is 17.1 Å². The van der Waals surface area contributed by atoms with Crippen molar-refractivity contribution in [2.75, 3.05) is 0 Å². The maximum Gasteiger partial charge on any atom is 0.330 e. The zero-order valence-electron chi connectivity index (χ0n) is 14.8. The highest BCUT2D eigenvalue weighted by atomic mass is 16.3. The van der Waals surface area contributed by atoms with Gasteiger partial charge in [0, 0.05) is 5.56 Å². The number of carbonyl (C=O) groups is 1. The van der Waals surface area contributed by atoms with Gasteiger partial charge in [0.1, 0.15) is 17.9 Å². The van der Waals surface area contributed by atoms with Gasteiger partial charge in [-0.1, -0.05) is 63.3 Å². The number of hydrogen-bond acceptors (Lipinski definition) is 4. The lowest BCUT2D eigenvalue weighted by molar-refractivity contribution is -0.443. The summed E-state index contributed by atoms with van der Waals surface area (Å²) in [6.45, 7) is 2.88. The van der Waals surface area contributed by atoms with Crippen molar-refractivity contribution >= 4 is 29.2 Å². The molecule has 1 N–H and O–H groups in total. The fourth-order valence-electron chi connectivity index (χ4n) is 2.68. The van der Waals surface area contributed by atoms with Gasteiger partial charge >= 0.3 is 5.84 Å². The van der Waals surface area contributed by atoms with E-state index in [4.69, 9.17) is 5.10 Å². The van der Waals surface area contributed by atoms with Crippen LogP contribution in [-0.2, 0) is 4.79 Å². The first-order chi connectivity index (χ1) is 12.6. The molecule has 1 heterocycles. The van der Waals surface area contributed by atoms with Crippen molar-refractivity contribution in [1.29, 1.82) is 0 Å². The molecule has 5 nitrogen and oxygen atoms in total. The van der Waals surface area contributed by atoms with Crippen LogP contribution in [0.4, 0.5) is 5.69 Å². The monoisotopic (exact) mass is 346 g/mol.